The number of aryl methyl sites for hydroxylation is 1. The van der Waals surface area contributed by atoms with Crippen molar-refractivity contribution in [3.8, 4) is 0 Å². The molecular weight excluding hydrogens is 362 g/mol. The molecule has 0 aromatic heterocycles. The number of halogens is 1. The second kappa shape index (κ2) is 7.90. The molecule has 0 saturated carbocycles. The number of nitrogens with one attached hydrogen (secondary N) is 2. The zero-order valence-electron chi connectivity index (χ0n) is 13.2. The molecule has 126 valence electrons. The van der Waals surface area contributed by atoms with Crippen molar-refractivity contribution in [1.29, 1.82) is 0 Å². The summed E-state index contributed by atoms with van der Waals surface area (Å²) in [6, 6.07) is 5.64. The van der Waals surface area contributed by atoms with Gasteiger partial charge >= 0.3 is 0 Å². The van der Waals surface area contributed by atoms with Gasteiger partial charge in [-0.3, -0.25) is 9.59 Å². The van der Waals surface area contributed by atoms with E-state index in [4.69, 9.17) is 10.5 Å². The normalized spacial score (nSPS) is 16.7. The molecule has 6 nitrogen and oxygen atoms in total. The zero-order chi connectivity index (χ0) is 16.9. The number of anilines is 1. The smallest absolute Gasteiger partial charge is 0.240 e. The lowest BCUT2D eigenvalue weighted by Gasteiger charge is -2.31. The molecule has 1 saturated heterocycles. The number of nitrogens with two attached hydrogens (primary N) is 1. The largest absolute Gasteiger partial charge is 0.381 e. The summed E-state index contributed by atoms with van der Waals surface area (Å²) in [7, 11) is 0. The minimum Gasteiger partial charge on any atom is -0.381 e. The van der Waals surface area contributed by atoms with Crippen LogP contribution in [0.4, 0.5) is 5.69 Å². The van der Waals surface area contributed by atoms with Gasteiger partial charge in [0.25, 0.3) is 0 Å². The van der Waals surface area contributed by atoms with Crippen LogP contribution in [-0.2, 0) is 14.3 Å². The van der Waals surface area contributed by atoms with Crippen LogP contribution >= 0.6 is 15.9 Å². The molecule has 1 aromatic carbocycles. The Morgan fingerprint density at radius 1 is 1.35 bits per heavy atom. The third kappa shape index (κ3) is 5.02. The number of ether oxygens (including phenoxy) is 1. The van der Waals surface area contributed by atoms with E-state index in [0.29, 0.717) is 26.1 Å². The summed E-state index contributed by atoms with van der Waals surface area (Å²) in [6.45, 7) is 3.17. The minimum atomic E-state index is -0.878. The zero-order valence-corrected chi connectivity index (χ0v) is 14.7. The molecule has 1 aliphatic heterocycles. The van der Waals surface area contributed by atoms with Crippen molar-refractivity contribution < 1.29 is 14.3 Å². The minimum absolute atomic E-state index is 0.145. The second-order valence-electron chi connectivity index (χ2n) is 5.78. The molecule has 4 N–H and O–H groups in total. The Morgan fingerprint density at radius 3 is 2.70 bits per heavy atom. The third-order valence-corrected chi connectivity index (χ3v) is 4.43. The molecule has 0 spiro atoms. The van der Waals surface area contributed by atoms with Gasteiger partial charge in [0.05, 0.1) is 5.54 Å². The van der Waals surface area contributed by atoms with Gasteiger partial charge in [0.2, 0.25) is 11.8 Å². The second-order valence-corrected chi connectivity index (χ2v) is 6.70. The van der Waals surface area contributed by atoms with Crippen LogP contribution in [0.2, 0.25) is 0 Å². The van der Waals surface area contributed by atoms with Crippen molar-refractivity contribution in [3.63, 3.8) is 0 Å². The van der Waals surface area contributed by atoms with E-state index >= 15 is 0 Å². The average Bonchev–Trinajstić information content (AvgIpc) is 2.51. The number of carbonyl (C=O) groups excluding carboxylic acids is 2. The Kier molecular flexibility index (Phi) is 6.15. The Morgan fingerprint density at radius 2 is 2.04 bits per heavy atom. The first-order valence-corrected chi connectivity index (χ1v) is 8.41. The lowest BCUT2D eigenvalue weighted by Crippen LogP contribution is -2.57. The van der Waals surface area contributed by atoms with Crippen molar-refractivity contribution in [3.05, 3.63) is 28.2 Å². The molecule has 0 aliphatic carbocycles. The molecule has 1 fully saturated rings. The molecule has 0 atom stereocenters. The van der Waals surface area contributed by atoms with Gasteiger partial charge < -0.3 is 21.1 Å². The van der Waals surface area contributed by atoms with Gasteiger partial charge in [-0.2, -0.15) is 0 Å². The van der Waals surface area contributed by atoms with Crippen molar-refractivity contribution in [1.82, 2.24) is 5.32 Å². The summed E-state index contributed by atoms with van der Waals surface area (Å²) < 4.78 is 6.18. The van der Waals surface area contributed by atoms with E-state index in [0.717, 1.165) is 15.7 Å². The highest BCUT2D eigenvalue weighted by Gasteiger charge is 2.35. The van der Waals surface area contributed by atoms with Crippen molar-refractivity contribution >= 4 is 33.4 Å². The van der Waals surface area contributed by atoms with Crippen LogP contribution in [0.3, 0.4) is 0 Å². The van der Waals surface area contributed by atoms with Gasteiger partial charge in [0, 0.05) is 36.3 Å². The van der Waals surface area contributed by atoms with Crippen LogP contribution in [0.5, 0.6) is 0 Å². The summed E-state index contributed by atoms with van der Waals surface area (Å²) in [5, 5.41) is 5.58. The fourth-order valence-corrected chi connectivity index (χ4v) is 2.88. The Labute approximate surface area is 144 Å². The van der Waals surface area contributed by atoms with E-state index in [2.05, 4.69) is 26.6 Å². The maximum atomic E-state index is 12.1. The molecule has 1 aromatic rings. The first kappa shape index (κ1) is 17.9. The predicted octanol–water partition coefficient (Wildman–Crippen LogP) is 1.71. The maximum absolute atomic E-state index is 12.1. The van der Waals surface area contributed by atoms with Gasteiger partial charge in [-0.25, -0.2) is 0 Å². The quantitative estimate of drug-likeness (QED) is 0.721. The van der Waals surface area contributed by atoms with Gasteiger partial charge in [-0.05, 0) is 43.5 Å². The molecular formula is C16H22BrN3O3. The molecule has 0 radical (unpaired) electrons. The van der Waals surface area contributed by atoms with Gasteiger partial charge in [0.15, 0.2) is 0 Å². The fourth-order valence-electron chi connectivity index (χ4n) is 2.41. The van der Waals surface area contributed by atoms with E-state index in [1.807, 2.05) is 25.1 Å². The molecule has 0 bridgehead atoms. The Hall–Kier alpha value is -1.44. The van der Waals surface area contributed by atoms with Crippen LogP contribution < -0.4 is 16.4 Å². The number of benzene rings is 1. The molecule has 0 unspecified atom stereocenters. The van der Waals surface area contributed by atoms with Crippen LogP contribution in [0.15, 0.2) is 22.7 Å². The standard InChI is InChI=1S/C16H22BrN3O3/c1-11-10-12(17)2-3-13(11)20-14(21)4-7-19-15(22)16(18)5-8-23-9-6-16/h2-3,10H,4-9,18H2,1H3,(H,19,22)(H,20,21). The van der Waals surface area contributed by atoms with E-state index in [1.165, 1.54) is 0 Å². The number of hydrogen-bond donors (Lipinski definition) is 3. The summed E-state index contributed by atoms with van der Waals surface area (Å²) in [6.07, 6.45) is 1.21. The van der Waals surface area contributed by atoms with Gasteiger partial charge in [-0.15, -0.1) is 0 Å². The highest BCUT2D eigenvalue weighted by Crippen LogP contribution is 2.20. The molecule has 1 aliphatic rings. The fraction of sp³-hybridized carbons (Fsp3) is 0.500. The van der Waals surface area contributed by atoms with E-state index in [9.17, 15) is 9.59 Å². The van der Waals surface area contributed by atoms with Gasteiger partial charge in [0.1, 0.15) is 0 Å². The molecule has 7 heteroatoms. The number of amides is 2. The van der Waals surface area contributed by atoms with Crippen molar-refractivity contribution in [2.24, 2.45) is 5.73 Å². The summed E-state index contributed by atoms with van der Waals surface area (Å²) in [5.74, 6) is -0.359. The SMILES string of the molecule is Cc1cc(Br)ccc1NC(=O)CCNC(=O)C1(N)CCOCC1. The van der Waals surface area contributed by atoms with Gasteiger partial charge in [-0.1, -0.05) is 15.9 Å². The number of carbonyl (C=O) groups is 2. The van der Waals surface area contributed by atoms with Crippen molar-refractivity contribution in [2.75, 3.05) is 25.1 Å². The topological polar surface area (TPSA) is 93.5 Å². The molecule has 1 heterocycles. The maximum Gasteiger partial charge on any atom is 0.240 e. The van der Waals surface area contributed by atoms with Crippen LogP contribution in [0.1, 0.15) is 24.8 Å². The molecule has 2 rings (SSSR count). The van der Waals surface area contributed by atoms with Crippen molar-refractivity contribution in [2.45, 2.75) is 31.7 Å². The van der Waals surface area contributed by atoms with Crippen LogP contribution in [0.25, 0.3) is 0 Å². The lowest BCUT2D eigenvalue weighted by molar-refractivity contribution is -0.129. The van der Waals surface area contributed by atoms with E-state index < -0.39 is 5.54 Å². The van der Waals surface area contributed by atoms with E-state index in [1.54, 1.807) is 0 Å². The highest BCUT2D eigenvalue weighted by atomic mass is 79.9. The monoisotopic (exact) mass is 383 g/mol. The summed E-state index contributed by atoms with van der Waals surface area (Å²) >= 11 is 3.38. The Bertz CT molecular complexity index is 586. The molecule has 2 amide bonds. The van der Waals surface area contributed by atoms with E-state index in [-0.39, 0.29) is 24.8 Å². The highest BCUT2D eigenvalue weighted by molar-refractivity contribution is 9.10. The van der Waals surface area contributed by atoms with Crippen LogP contribution in [-0.4, -0.2) is 37.1 Å². The third-order valence-electron chi connectivity index (χ3n) is 3.94. The summed E-state index contributed by atoms with van der Waals surface area (Å²) in [4.78, 5) is 24.1. The first-order valence-electron chi connectivity index (χ1n) is 7.62. The number of hydrogen-bond acceptors (Lipinski definition) is 4. The molecule has 23 heavy (non-hydrogen) atoms. The summed E-state index contributed by atoms with van der Waals surface area (Å²) in [5.41, 5.74) is 6.94. The number of rotatable bonds is 5. The van der Waals surface area contributed by atoms with Crippen LogP contribution in [0, 0.1) is 6.92 Å². The Balaban J connectivity index is 1.77. The first-order chi connectivity index (χ1) is 10.9. The lowest BCUT2D eigenvalue weighted by atomic mass is 9.90. The predicted molar refractivity (Wildman–Crippen MR) is 92.1 cm³/mol. The average molecular weight is 384 g/mol.